The quantitative estimate of drug-likeness (QED) is 0.316. The number of hydrogen-bond donors (Lipinski definition) is 0. The van der Waals surface area contributed by atoms with Crippen LogP contribution >= 0.6 is 0 Å². The Morgan fingerprint density at radius 1 is 1.06 bits per heavy atom. The van der Waals surface area contributed by atoms with E-state index in [-0.39, 0.29) is 18.4 Å². The number of amides is 1. The molecule has 0 unspecified atom stereocenters. The maximum absolute atomic E-state index is 12.8. The van der Waals surface area contributed by atoms with Crippen molar-refractivity contribution in [3.05, 3.63) is 99.6 Å². The fourth-order valence-electron chi connectivity index (χ4n) is 4.31. The molecule has 3 aromatic carbocycles. The van der Waals surface area contributed by atoms with Crippen molar-refractivity contribution >= 4 is 28.8 Å². The van der Waals surface area contributed by atoms with Gasteiger partial charge in [-0.2, -0.15) is 5.10 Å². The first-order chi connectivity index (χ1) is 16.5. The SMILES string of the molecule is COc1ccc(C2=NN(CN3C(=O)C(=O)c4ccccc43)[C@H](c3cccc([N+](=O)[O-])c3)C2)cc1. The zero-order valence-electron chi connectivity index (χ0n) is 18.2. The number of nitro benzene ring substituents is 1. The molecule has 2 heterocycles. The number of ether oxygens (including phenoxy) is 1. The third kappa shape index (κ3) is 3.66. The van der Waals surface area contributed by atoms with Gasteiger partial charge in [-0.15, -0.1) is 0 Å². The molecule has 9 nitrogen and oxygen atoms in total. The van der Waals surface area contributed by atoms with Crippen molar-refractivity contribution < 1.29 is 19.2 Å². The lowest BCUT2D eigenvalue weighted by Crippen LogP contribution is -2.39. The highest BCUT2D eigenvalue weighted by Crippen LogP contribution is 2.36. The van der Waals surface area contributed by atoms with Gasteiger partial charge in [-0.25, -0.2) is 0 Å². The summed E-state index contributed by atoms with van der Waals surface area (Å²) < 4.78 is 5.23. The highest BCUT2D eigenvalue weighted by Gasteiger charge is 2.39. The Hall–Kier alpha value is -4.53. The second kappa shape index (κ2) is 8.43. The molecule has 3 aromatic rings. The summed E-state index contributed by atoms with van der Waals surface area (Å²) in [5.41, 5.74) is 3.22. The molecule has 0 N–H and O–H groups in total. The van der Waals surface area contributed by atoms with Crippen LogP contribution in [0.5, 0.6) is 5.75 Å². The lowest BCUT2D eigenvalue weighted by molar-refractivity contribution is -0.385. The average Bonchev–Trinajstić information content (AvgIpc) is 3.40. The smallest absolute Gasteiger partial charge is 0.301 e. The molecule has 0 spiro atoms. The molecule has 1 atom stereocenters. The van der Waals surface area contributed by atoms with Crippen molar-refractivity contribution in [2.45, 2.75) is 12.5 Å². The monoisotopic (exact) mass is 456 g/mol. The molecule has 5 rings (SSSR count). The summed E-state index contributed by atoms with van der Waals surface area (Å²) in [5, 5.41) is 17.8. The number of Topliss-reactive ketones (excluding diaryl/α,β-unsaturated/α-hetero) is 1. The molecule has 0 saturated carbocycles. The third-order valence-electron chi connectivity index (χ3n) is 6.05. The molecule has 9 heteroatoms. The second-order valence-electron chi connectivity index (χ2n) is 8.01. The molecule has 0 aliphatic carbocycles. The Bertz CT molecular complexity index is 1340. The summed E-state index contributed by atoms with van der Waals surface area (Å²) in [6.07, 6.45) is 0.477. The van der Waals surface area contributed by atoms with Gasteiger partial charge in [-0.05, 0) is 47.5 Å². The van der Waals surface area contributed by atoms with Crippen molar-refractivity contribution in [1.82, 2.24) is 5.01 Å². The van der Waals surface area contributed by atoms with Crippen molar-refractivity contribution in [3.8, 4) is 5.75 Å². The van der Waals surface area contributed by atoms with Crippen LogP contribution < -0.4 is 9.64 Å². The van der Waals surface area contributed by atoms with Gasteiger partial charge in [0.1, 0.15) is 12.4 Å². The summed E-state index contributed by atoms with van der Waals surface area (Å²) >= 11 is 0. The number of hydrazone groups is 1. The van der Waals surface area contributed by atoms with E-state index >= 15 is 0 Å². The average molecular weight is 456 g/mol. The number of carbonyl (C=O) groups is 2. The van der Waals surface area contributed by atoms with Crippen LogP contribution in [0.25, 0.3) is 0 Å². The highest BCUT2D eigenvalue weighted by molar-refractivity contribution is 6.52. The molecule has 0 radical (unpaired) electrons. The lowest BCUT2D eigenvalue weighted by atomic mass is 9.98. The molecule has 0 fully saturated rings. The van der Waals surface area contributed by atoms with Crippen molar-refractivity contribution in [2.24, 2.45) is 5.10 Å². The van der Waals surface area contributed by atoms with E-state index in [2.05, 4.69) is 0 Å². The molecule has 34 heavy (non-hydrogen) atoms. The lowest BCUT2D eigenvalue weighted by Gasteiger charge is -2.28. The fourth-order valence-corrected chi connectivity index (χ4v) is 4.31. The molecule has 0 bridgehead atoms. The molecule has 1 amide bonds. The number of nitrogens with zero attached hydrogens (tertiary/aromatic N) is 4. The minimum Gasteiger partial charge on any atom is -0.497 e. The Balaban J connectivity index is 1.52. The van der Waals surface area contributed by atoms with Gasteiger partial charge in [0.05, 0.1) is 35.0 Å². The first-order valence-corrected chi connectivity index (χ1v) is 10.6. The van der Waals surface area contributed by atoms with Crippen LogP contribution in [0, 0.1) is 10.1 Å². The maximum atomic E-state index is 12.8. The van der Waals surface area contributed by atoms with Gasteiger partial charge in [0.25, 0.3) is 11.5 Å². The van der Waals surface area contributed by atoms with Gasteiger partial charge in [0.15, 0.2) is 0 Å². The maximum Gasteiger partial charge on any atom is 0.301 e. The number of ketones is 1. The normalized spacial score (nSPS) is 17.1. The van der Waals surface area contributed by atoms with Gasteiger partial charge in [0.2, 0.25) is 0 Å². The number of nitro groups is 1. The van der Waals surface area contributed by atoms with E-state index in [1.807, 2.05) is 30.3 Å². The zero-order chi connectivity index (χ0) is 23.8. The Labute approximate surface area is 195 Å². The van der Waals surface area contributed by atoms with Crippen LogP contribution in [0.1, 0.15) is 33.9 Å². The third-order valence-corrected chi connectivity index (χ3v) is 6.05. The predicted octanol–water partition coefficient (Wildman–Crippen LogP) is 3.94. The summed E-state index contributed by atoms with van der Waals surface area (Å²) in [7, 11) is 1.59. The van der Waals surface area contributed by atoms with Crippen molar-refractivity contribution in [2.75, 3.05) is 18.7 Å². The topological polar surface area (TPSA) is 105 Å². The van der Waals surface area contributed by atoms with Gasteiger partial charge in [-0.1, -0.05) is 24.3 Å². The Morgan fingerprint density at radius 2 is 1.82 bits per heavy atom. The standard InChI is InChI=1S/C25H20N4O5/c1-34-19-11-9-16(10-12-19)21-14-23(17-5-4-6-18(13-17)29(32)33)28(26-21)15-27-22-8-3-2-7-20(22)24(30)25(27)31/h2-13,23H,14-15H2,1H3/t23-/m0/s1. The number of hydrogen-bond acceptors (Lipinski definition) is 7. The predicted molar refractivity (Wildman–Crippen MR) is 125 cm³/mol. The van der Waals surface area contributed by atoms with Crippen LogP contribution in [-0.2, 0) is 4.79 Å². The van der Waals surface area contributed by atoms with Gasteiger partial charge >= 0.3 is 5.91 Å². The number of para-hydroxylation sites is 1. The van der Waals surface area contributed by atoms with E-state index in [1.165, 1.54) is 17.0 Å². The first-order valence-electron chi connectivity index (χ1n) is 10.6. The van der Waals surface area contributed by atoms with Gasteiger partial charge in [-0.3, -0.25) is 29.6 Å². The molecular formula is C25H20N4O5. The largest absolute Gasteiger partial charge is 0.497 e. The van der Waals surface area contributed by atoms with Crippen LogP contribution in [0.3, 0.4) is 0 Å². The number of fused-ring (bicyclic) bond motifs is 1. The summed E-state index contributed by atoms with van der Waals surface area (Å²) in [4.78, 5) is 37.5. The number of carbonyl (C=O) groups excluding carboxylic acids is 2. The summed E-state index contributed by atoms with van der Waals surface area (Å²) in [6, 6.07) is 20.4. The molecule has 0 aromatic heterocycles. The van der Waals surface area contributed by atoms with E-state index in [0.29, 0.717) is 29.0 Å². The number of methoxy groups -OCH3 is 1. The summed E-state index contributed by atoms with van der Waals surface area (Å²) in [6.45, 7) is 0.0363. The van der Waals surface area contributed by atoms with E-state index in [4.69, 9.17) is 9.84 Å². The summed E-state index contributed by atoms with van der Waals surface area (Å²) in [5.74, 6) is -0.458. The van der Waals surface area contributed by atoms with Gasteiger partial charge in [0, 0.05) is 18.6 Å². The van der Waals surface area contributed by atoms with E-state index in [1.54, 1.807) is 42.5 Å². The van der Waals surface area contributed by atoms with Crippen LogP contribution in [0.4, 0.5) is 11.4 Å². The van der Waals surface area contributed by atoms with E-state index < -0.39 is 16.6 Å². The molecule has 2 aliphatic rings. The van der Waals surface area contributed by atoms with Crippen LogP contribution in [-0.4, -0.2) is 41.1 Å². The Morgan fingerprint density at radius 3 is 2.56 bits per heavy atom. The minimum absolute atomic E-state index is 0.0203. The number of non-ortho nitro benzene ring substituents is 1. The molecular weight excluding hydrogens is 436 g/mol. The second-order valence-corrected chi connectivity index (χ2v) is 8.01. The van der Waals surface area contributed by atoms with Crippen LogP contribution in [0.2, 0.25) is 0 Å². The molecule has 170 valence electrons. The van der Waals surface area contributed by atoms with E-state index in [9.17, 15) is 19.7 Å². The number of benzene rings is 3. The Kier molecular flexibility index (Phi) is 5.29. The van der Waals surface area contributed by atoms with E-state index in [0.717, 1.165) is 11.3 Å². The highest BCUT2D eigenvalue weighted by atomic mass is 16.6. The van der Waals surface area contributed by atoms with Crippen molar-refractivity contribution in [3.63, 3.8) is 0 Å². The number of anilines is 1. The number of rotatable bonds is 6. The zero-order valence-corrected chi connectivity index (χ0v) is 18.2. The van der Waals surface area contributed by atoms with Crippen molar-refractivity contribution in [1.29, 1.82) is 0 Å². The van der Waals surface area contributed by atoms with Gasteiger partial charge < -0.3 is 4.74 Å². The molecule has 2 aliphatic heterocycles. The van der Waals surface area contributed by atoms with Crippen LogP contribution in [0.15, 0.2) is 77.9 Å². The first kappa shape index (κ1) is 21.3. The fraction of sp³-hybridized carbons (Fsp3) is 0.160. The molecule has 0 saturated heterocycles. The minimum atomic E-state index is -0.618.